The van der Waals surface area contributed by atoms with Crippen molar-refractivity contribution in [2.75, 3.05) is 0 Å². The van der Waals surface area contributed by atoms with Gasteiger partial charge in [-0.15, -0.1) is 0 Å². The quantitative estimate of drug-likeness (QED) is 0.428. The van der Waals surface area contributed by atoms with Crippen molar-refractivity contribution in [1.82, 2.24) is 4.57 Å². The van der Waals surface area contributed by atoms with Crippen LogP contribution in [0.1, 0.15) is 0 Å². The van der Waals surface area contributed by atoms with Gasteiger partial charge in [0.2, 0.25) is 0 Å². The number of ether oxygens (including phenoxy) is 1. The van der Waals surface area contributed by atoms with Crippen molar-refractivity contribution >= 4 is 9.84 Å². The van der Waals surface area contributed by atoms with E-state index in [2.05, 4.69) is 6.58 Å². The smallest absolute Gasteiger partial charge is 0.472 e. The fourth-order valence-corrected chi connectivity index (χ4v) is 3.65. The lowest BCUT2D eigenvalue weighted by Crippen LogP contribution is -3.00. The van der Waals surface area contributed by atoms with Gasteiger partial charge in [-0.2, -0.15) is 9.13 Å². The first kappa shape index (κ1) is 21.4. The third-order valence-electron chi connectivity index (χ3n) is 4.43. The molecule has 7 heteroatoms. The lowest BCUT2D eigenvalue weighted by molar-refractivity contribution is -0.601. The zero-order valence-electron chi connectivity index (χ0n) is 15.9. The largest absolute Gasteiger partial charge is 1.00 e. The van der Waals surface area contributed by atoms with Crippen LogP contribution in [0.25, 0.3) is 11.4 Å². The highest BCUT2D eigenvalue weighted by Crippen LogP contribution is 2.25. The number of nitrogens with zero attached hydrogens (tertiary/aromatic N) is 2. The SMILES string of the molecule is C=CS(=O)(=O)c1ccc(Oc2n(-c3ccccc3)cc[n+]2-c2ccccc2)cc1.[Cl-]. The van der Waals surface area contributed by atoms with Gasteiger partial charge in [0.25, 0.3) is 0 Å². The zero-order chi connectivity index (χ0) is 20.3. The molecule has 1 aromatic heterocycles. The molecule has 0 aliphatic carbocycles. The maximum atomic E-state index is 11.9. The molecule has 0 aliphatic heterocycles. The molecule has 0 saturated heterocycles. The fourth-order valence-electron chi connectivity index (χ4n) is 2.94. The highest BCUT2D eigenvalue weighted by molar-refractivity contribution is 7.94. The van der Waals surface area contributed by atoms with Crippen molar-refractivity contribution in [3.05, 3.63) is 109 Å². The molecule has 3 aromatic carbocycles. The normalized spacial score (nSPS) is 10.8. The third-order valence-corrected chi connectivity index (χ3v) is 5.79. The summed E-state index contributed by atoms with van der Waals surface area (Å²) in [4.78, 5) is 0.175. The number of hydrogen-bond acceptors (Lipinski definition) is 3. The van der Waals surface area contributed by atoms with E-state index in [1.54, 1.807) is 12.1 Å². The molecule has 0 radical (unpaired) electrons. The Balaban J connectivity index is 0.00000256. The highest BCUT2D eigenvalue weighted by atomic mass is 35.5. The number of benzene rings is 3. The lowest BCUT2D eigenvalue weighted by atomic mass is 10.3. The van der Waals surface area contributed by atoms with Gasteiger partial charge < -0.3 is 17.1 Å². The topological polar surface area (TPSA) is 52.2 Å². The van der Waals surface area contributed by atoms with Gasteiger partial charge >= 0.3 is 6.01 Å². The Bertz CT molecular complexity index is 1180. The van der Waals surface area contributed by atoms with Crippen LogP contribution in [0.3, 0.4) is 0 Å². The van der Waals surface area contributed by atoms with Crippen molar-refractivity contribution in [3.8, 4) is 23.1 Å². The maximum absolute atomic E-state index is 11.9. The molecule has 0 N–H and O–H groups in total. The number of imidazole rings is 1. The molecule has 1 heterocycles. The molecule has 0 fully saturated rings. The predicted octanol–water partition coefficient (Wildman–Crippen LogP) is 1.47. The summed E-state index contributed by atoms with van der Waals surface area (Å²) in [5.41, 5.74) is 1.89. The number of aromatic nitrogens is 2. The molecular weight excluding hydrogens is 420 g/mol. The summed E-state index contributed by atoms with van der Waals surface area (Å²) in [6.07, 6.45) is 3.85. The molecule has 0 amide bonds. The average Bonchev–Trinajstić information content (AvgIpc) is 3.19. The number of halogens is 1. The van der Waals surface area contributed by atoms with Crippen LogP contribution in [-0.2, 0) is 9.84 Å². The number of hydrogen-bond donors (Lipinski definition) is 0. The summed E-state index contributed by atoms with van der Waals surface area (Å²) in [5, 5.41) is 0.937. The first-order valence-corrected chi connectivity index (χ1v) is 10.5. The molecule has 0 spiro atoms. The molecule has 4 rings (SSSR count). The van der Waals surface area contributed by atoms with E-state index in [-0.39, 0.29) is 17.3 Å². The van der Waals surface area contributed by atoms with Crippen LogP contribution < -0.4 is 21.7 Å². The molecular formula is C23H19ClN2O3S. The lowest BCUT2D eigenvalue weighted by Gasteiger charge is -2.07. The summed E-state index contributed by atoms with van der Waals surface area (Å²) in [5.74, 6) is 0.522. The second kappa shape index (κ2) is 8.98. The second-order valence-electron chi connectivity index (χ2n) is 6.28. The molecule has 0 saturated carbocycles. The van der Waals surface area contributed by atoms with Crippen molar-refractivity contribution in [2.24, 2.45) is 0 Å². The van der Waals surface area contributed by atoms with E-state index in [0.717, 1.165) is 16.8 Å². The minimum Gasteiger partial charge on any atom is -1.00 e. The molecule has 30 heavy (non-hydrogen) atoms. The number of sulfone groups is 1. The van der Waals surface area contributed by atoms with E-state index < -0.39 is 9.84 Å². The first-order valence-electron chi connectivity index (χ1n) is 8.98. The molecule has 0 bridgehead atoms. The Labute approximate surface area is 181 Å². The molecule has 5 nitrogen and oxygen atoms in total. The van der Waals surface area contributed by atoms with Gasteiger partial charge in [-0.3, -0.25) is 0 Å². The van der Waals surface area contributed by atoms with Crippen LogP contribution in [-0.4, -0.2) is 13.0 Å². The Morgan fingerprint density at radius 2 is 1.47 bits per heavy atom. The Kier molecular flexibility index (Phi) is 6.40. The van der Waals surface area contributed by atoms with Gasteiger partial charge in [0.15, 0.2) is 9.84 Å². The number of rotatable bonds is 6. The predicted molar refractivity (Wildman–Crippen MR) is 111 cm³/mol. The van der Waals surface area contributed by atoms with Crippen LogP contribution in [0.15, 0.2) is 114 Å². The first-order chi connectivity index (χ1) is 14.1. The number of para-hydroxylation sites is 2. The Hall–Kier alpha value is -3.35. The van der Waals surface area contributed by atoms with Crippen molar-refractivity contribution < 1.29 is 30.1 Å². The summed E-state index contributed by atoms with van der Waals surface area (Å²) in [6.45, 7) is 3.36. The molecule has 0 unspecified atom stereocenters. The zero-order valence-corrected chi connectivity index (χ0v) is 17.5. The van der Waals surface area contributed by atoms with Crippen LogP contribution in [0.4, 0.5) is 0 Å². The van der Waals surface area contributed by atoms with Gasteiger partial charge in [-0.05, 0) is 48.5 Å². The minimum atomic E-state index is -3.48. The minimum absolute atomic E-state index is 0. The van der Waals surface area contributed by atoms with Gasteiger partial charge in [0, 0.05) is 5.41 Å². The van der Waals surface area contributed by atoms with Crippen molar-refractivity contribution in [3.63, 3.8) is 0 Å². The summed E-state index contributed by atoms with van der Waals surface area (Å²) in [7, 11) is -3.48. The van der Waals surface area contributed by atoms with E-state index in [4.69, 9.17) is 4.74 Å². The molecule has 152 valence electrons. The van der Waals surface area contributed by atoms with Crippen LogP contribution in [0.5, 0.6) is 11.8 Å². The van der Waals surface area contributed by atoms with Crippen molar-refractivity contribution in [1.29, 1.82) is 0 Å². The van der Waals surface area contributed by atoms with E-state index in [0.29, 0.717) is 11.8 Å². The van der Waals surface area contributed by atoms with E-state index in [1.807, 2.05) is 82.2 Å². The highest BCUT2D eigenvalue weighted by Gasteiger charge is 2.23. The van der Waals surface area contributed by atoms with Crippen LogP contribution in [0, 0.1) is 0 Å². The fraction of sp³-hybridized carbons (Fsp3) is 0. The van der Waals surface area contributed by atoms with Crippen LogP contribution in [0.2, 0.25) is 0 Å². The van der Waals surface area contributed by atoms with E-state index in [1.165, 1.54) is 12.1 Å². The van der Waals surface area contributed by atoms with Gasteiger partial charge in [0.1, 0.15) is 29.5 Å². The molecule has 0 atom stereocenters. The van der Waals surface area contributed by atoms with Crippen LogP contribution >= 0.6 is 0 Å². The van der Waals surface area contributed by atoms with Crippen molar-refractivity contribution in [2.45, 2.75) is 4.90 Å². The van der Waals surface area contributed by atoms with Gasteiger partial charge in [0.05, 0.1) is 4.90 Å². The Morgan fingerprint density at radius 1 is 0.867 bits per heavy atom. The summed E-state index contributed by atoms with van der Waals surface area (Å²) >= 11 is 0. The monoisotopic (exact) mass is 438 g/mol. The second-order valence-corrected chi connectivity index (χ2v) is 8.17. The Morgan fingerprint density at radius 3 is 2.07 bits per heavy atom. The summed E-state index contributed by atoms with van der Waals surface area (Å²) in [6, 6.07) is 26.6. The molecule has 4 aromatic rings. The summed E-state index contributed by atoms with van der Waals surface area (Å²) < 4.78 is 33.9. The third kappa shape index (κ3) is 4.30. The average molecular weight is 439 g/mol. The van der Waals surface area contributed by atoms with E-state index >= 15 is 0 Å². The van der Waals surface area contributed by atoms with Gasteiger partial charge in [-0.25, -0.2) is 8.42 Å². The standard InChI is InChI=1S/C23H19N2O3S.ClH/c1-2-29(26,27)22-15-13-21(14-16-22)28-23-24(19-9-5-3-6-10-19)17-18-25(23)20-11-7-4-8-12-20;/h2-18H,1H2;1H/q+1;/p-1. The molecule has 0 aliphatic rings. The maximum Gasteiger partial charge on any atom is 0.472 e. The van der Waals surface area contributed by atoms with Gasteiger partial charge in [-0.1, -0.05) is 43.0 Å². The van der Waals surface area contributed by atoms with E-state index in [9.17, 15) is 8.42 Å².